The second kappa shape index (κ2) is 42.2. The average molecular weight is 1700 g/mol. The summed E-state index contributed by atoms with van der Waals surface area (Å²) in [6, 6.07) is 35.7. The number of allylic oxidation sites excluding steroid dienone is 2. The number of aryl methyl sites for hydroxylation is 2. The third-order valence-corrected chi connectivity index (χ3v) is 17.7. The van der Waals surface area contributed by atoms with E-state index in [2.05, 4.69) is 130 Å². The Bertz CT molecular complexity index is 4830. The number of nitrogens with one attached hydrogen (secondary N) is 1. The highest BCUT2D eigenvalue weighted by Gasteiger charge is 2.62. The monoisotopic (exact) mass is 1700 g/mol. The highest BCUT2D eigenvalue weighted by Crippen LogP contribution is 2.49. The molecule has 4 aromatic heterocycles. The van der Waals surface area contributed by atoms with Crippen LogP contribution in [0.3, 0.4) is 0 Å². The van der Waals surface area contributed by atoms with Crippen molar-refractivity contribution in [3.8, 4) is 29.0 Å². The standard InChI is InChI=1S/C46H57F3N4O7.C31H37F3N4O7.C15H22O.CH4/c1-13-15-25-45(46(47,48)49,56-29-31-21-17-16-18-22-31)39-52-51-38(58-39)36-35(53(40(54)59-43(7,8)9)41(55)60-44(10,11)12)26-30(3)37(50-36)57-34(20-14-2)28-32-23-19-24-33(27-32)42(4,5)6;1-9-10-16-30(31(32,33)34,42-18-20-14-12-11-13-15-20)25-37-36-24(43-25)22-21(17-19(2)23(39)35-22)38(26(40)44-28(3,4)5)27(41)45-29(6,7)8;1-5-7-14(16)11-12-8-6-9-13(10-12)15(2,3)4;/h13-14,16-19,21-24,26-27,34H,1-2,15,20,25,28-29H2,3-12H3;9,11-15,17H,1,10,16,18H2,2-8H3,(H,35,39);5-6,8-10,14,16H,1,7,11H2,2-4H3;1H4/t34?,45-;30-;;/m11../s1. The molecule has 4 heterocycles. The Morgan fingerprint density at radius 2 is 0.861 bits per heavy atom. The van der Waals surface area contributed by atoms with Crippen molar-refractivity contribution in [2.75, 3.05) is 9.80 Å². The number of hydrogen-bond acceptors (Lipinski definition) is 20. The van der Waals surface area contributed by atoms with Gasteiger partial charge in [0, 0.05) is 24.0 Å². The zero-order chi connectivity index (χ0) is 90.7. The Morgan fingerprint density at radius 1 is 0.484 bits per heavy atom. The SMILES string of the molecule is C.C=CCC(O)Cc1cccc(C(C)(C)C)c1.C=CCC[C@@](OCc1ccccc1)(c1nnc(-c2[nH]c(=O)c(C)cc2N(C(=O)OC(C)(C)C)C(=O)OC(C)(C)C)o1)C(F)(F)F.C=CCC[C@@](OCc1ccccc1)(c1nnc(-c2nc(OC(CC=C)Cc3cccc(C(C)(C)C)c3)c(C)cc2N(C(=O)OC(C)(C)C)C(=O)OC(C)(C)C)o1)C(F)(F)F. The van der Waals surface area contributed by atoms with Crippen LogP contribution < -0.4 is 20.1 Å². The number of amides is 4. The molecule has 664 valence electrons. The minimum absolute atomic E-state index is 0. The highest BCUT2D eigenvalue weighted by atomic mass is 19.4. The number of rotatable bonds is 28. The van der Waals surface area contributed by atoms with Gasteiger partial charge in [-0.3, -0.25) is 4.79 Å². The zero-order valence-corrected chi connectivity index (χ0v) is 73.0. The van der Waals surface area contributed by atoms with Crippen LogP contribution in [-0.4, -0.2) is 107 Å². The summed E-state index contributed by atoms with van der Waals surface area (Å²) in [5, 5.41) is 25.1. The van der Waals surface area contributed by atoms with E-state index >= 15 is 13.2 Å². The Hall–Kier alpha value is -11.0. The van der Waals surface area contributed by atoms with E-state index in [1.807, 2.05) is 12.1 Å². The van der Waals surface area contributed by atoms with Crippen molar-refractivity contribution in [2.45, 2.75) is 279 Å². The molecule has 2 N–H and O–H groups in total. The smallest absolute Gasteiger partial charge is 0.426 e. The molecule has 4 aromatic carbocycles. The first-order valence-electron chi connectivity index (χ1n) is 39.5. The Labute approximate surface area is 712 Å². The maximum absolute atomic E-state index is 15.4. The number of benzene rings is 4. The summed E-state index contributed by atoms with van der Waals surface area (Å²) in [6.07, 6.45) is -8.93. The molecule has 0 aliphatic rings. The fourth-order valence-electron chi connectivity index (χ4n) is 11.7. The van der Waals surface area contributed by atoms with E-state index < -0.39 is 137 Å². The number of aromatic amines is 1. The van der Waals surface area contributed by atoms with E-state index in [0.29, 0.717) is 52.2 Å². The molecule has 0 aliphatic heterocycles. The molecule has 0 aliphatic carbocycles. The number of carbonyl (C=O) groups is 4. The number of carbonyl (C=O) groups excluding carboxylic acids is 4. The number of imide groups is 2. The number of H-pyrrole nitrogens is 1. The fourth-order valence-corrected chi connectivity index (χ4v) is 11.7. The first kappa shape index (κ1) is 102. The summed E-state index contributed by atoms with van der Waals surface area (Å²) < 4.78 is 142. The van der Waals surface area contributed by atoms with Crippen molar-refractivity contribution >= 4 is 35.7 Å². The molecule has 23 nitrogen and oxygen atoms in total. The van der Waals surface area contributed by atoms with E-state index in [1.54, 1.807) is 163 Å². The van der Waals surface area contributed by atoms with Crippen LogP contribution in [0.1, 0.15) is 227 Å². The number of aromatic nitrogens is 6. The lowest BCUT2D eigenvalue weighted by Crippen LogP contribution is -2.45. The summed E-state index contributed by atoms with van der Waals surface area (Å²) >= 11 is 0. The third kappa shape index (κ3) is 29.1. The van der Waals surface area contributed by atoms with Crippen molar-refractivity contribution in [1.29, 1.82) is 0 Å². The molecule has 8 rings (SSSR count). The predicted molar refractivity (Wildman–Crippen MR) is 459 cm³/mol. The molecular weight excluding hydrogens is 1580 g/mol. The number of aliphatic hydroxyl groups is 1. The lowest BCUT2D eigenvalue weighted by atomic mass is 9.85. The van der Waals surface area contributed by atoms with Gasteiger partial charge in [-0.1, -0.05) is 182 Å². The first-order valence-corrected chi connectivity index (χ1v) is 39.5. The maximum atomic E-state index is 15.4. The lowest BCUT2D eigenvalue weighted by molar-refractivity contribution is -0.299. The number of alkyl halides is 6. The number of halogens is 6. The van der Waals surface area contributed by atoms with Crippen LogP contribution in [0.15, 0.2) is 186 Å². The quantitative estimate of drug-likeness (QED) is 0.0262. The number of hydrogen-bond donors (Lipinski definition) is 2. The normalized spacial score (nSPS) is 13.6. The van der Waals surface area contributed by atoms with Crippen molar-refractivity contribution in [3.63, 3.8) is 0 Å². The van der Waals surface area contributed by atoms with Gasteiger partial charge in [0.25, 0.3) is 29.1 Å². The largest absolute Gasteiger partial charge is 0.473 e. The van der Waals surface area contributed by atoms with Crippen molar-refractivity contribution in [3.05, 3.63) is 239 Å². The number of anilines is 2. The Kier molecular flexibility index (Phi) is 35.1. The van der Waals surface area contributed by atoms with Crippen LogP contribution in [0.25, 0.3) is 23.2 Å². The highest BCUT2D eigenvalue weighted by molar-refractivity contribution is 6.12. The lowest BCUT2D eigenvalue weighted by Gasteiger charge is -2.32. The number of nitrogens with zero attached hydrogens (tertiary/aromatic N) is 7. The molecule has 122 heavy (non-hydrogen) atoms. The number of aliphatic hydroxyl groups excluding tert-OH is 1. The molecular formula is C93H120F6N8O15. The fraction of sp³-hybridized carbons (Fsp3) is 0.462. The van der Waals surface area contributed by atoms with Crippen LogP contribution in [-0.2, 0) is 76.5 Å². The van der Waals surface area contributed by atoms with Crippen molar-refractivity contribution < 1.29 is 92.6 Å². The van der Waals surface area contributed by atoms with Gasteiger partial charge in [-0.2, -0.15) is 36.1 Å². The first-order chi connectivity index (χ1) is 56.1. The van der Waals surface area contributed by atoms with Crippen molar-refractivity contribution in [2.24, 2.45) is 0 Å². The molecule has 4 amide bonds. The van der Waals surface area contributed by atoms with Gasteiger partial charge in [0.1, 0.15) is 34.2 Å². The Balaban J connectivity index is 0.000000373. The number of pyridine rings is 2. The predicted octanol–water partition coefficient (Wildman–Crippen LogP) is 23.4. The minimum Gasteiger partial charge on any atom is -0.473 e. The molecule has 0 saturated carbocycles. The molecule has 0 radical (unpaired) electrons. The molecule has 0 bridgehead atoms. The topological polar surface area (TPSA) is 283 Å². The molecule has 8 aromatic rings. The molecule has 2 unspecified atom stereocenters. The van der Waals surface area contributed by atoms with E-state index in [4.69, 9.17) is 47.0 Å². The zero-order valence-electron chi connectivity index (χ0n) is 73.0. The van der Waals surface area contributed by atoms with Gasteiger partial charge < -0.3 is 52.1 Å². The van der Waals surface area contributed by atoms with Crippen molar-refractivity contribution in [1.82, 2.24) is 30.4 Å². The summed E-state index contributed by atoms with van der Waals surface area (Å²) in [5.41, 5.74) is -6.56. The minimum atomic E-state index is -5.06. The van der Waals surface area contributed by atoms with Crippen LogP contribution in [0.5, 0.6) is 5.88 Å². The molecule has 29 heteroatoms. The van der Waals surface area contributed by atoms with Gasteiger partial charge in [0.2, 0.25) is 17.1 Å². The second-order valence-electron chi connectivity index (χ2n) is 35.0. The molecule has 4 atom stereocenters. The summed E-state index contributed by atoms with van der Waals surface area (Å²) in [4.78, 5) is 75.6. The molecule has 0 spiro atoms. The third-order valence-electron chi connectivity index (χ3n) is 17.7. The van der Waals surface area contributed by atoms with Gasteiger partial charge in [-0.15, -0.1) is 46.7 Å². The van der Waals surface area contributed by atoms with E-state index in [9.17, 15) is 42.3 Å². The van der Waals surface area contributed by atoms with Gasteiger partial charge in [0.15, 0.2) is 5.69 Å². The summed E-state index contributed by atoms with van der Waals surface area (Å²) in [7, 11) is 0. The van der Waals surface area contributed by atoms with Gasteiger partial charge >= 0.3 is 36.7 Å². The maximum Gasteiger partial charge on any atom is 0.426 e. The van der Waals surface area contributed by atoms with E-state index in [-0.39, 0.29) is 65.7 Å². The Morgan fingerprint density at radius 3 is 1.25 bits per heavy atom. The van der Waals surface area contributed by atoms with E-state index in [1.165, 1.54) is 36.3 Å². The van der Waals surface area contributed by atoms with Crippen LogP contribution in [0, 0.1) is 13.8 Å². The second-order valence-corrected chi connectivity index (χ2v) is 35.0. The van der Waals surface area contributed by atoms with Crippen LogP contribution in [0.4, 0.5) is 56.9 Å². The summed E-state index contributed by atoms with van der Waals surface area (Å²) in [6.45, 7) is 48.8. The van der Waals surface area contributed by atoms with Gasteiger partial charge in [0.05, 0.1) is 30.7 Å². The molecule has 0 saturated heterocycles. The van der Waals surface area contributed by atoms with E-state index in [0.717, 1.165) is 17.2 Å². The molecule has 0 fully saturated rings. The summed E-state index contributed by atoms with van der Waals surface area (Å²) in [5.74, 6) is -3.07. The van der Waals surface area contributed by atoms with Crippen LogP contribution >= 0.6 is 0 Å². The average Bonchev–Trinajstić information content (AvgIpc) is 1.56. The van der Waals surface area contributed by atoms with Gasteiger partial charge in [-0.05, 0) is 192 Å². The number of ether oxygens (including phenoxy) is 7. The van der Waals surface area contributed by atoms with Gasteiger partial charge in [-0.25, -0.2) is 24.2 Å². The van der Waals surface area contributed by atoms with Crippen LogP contribution in [0.2, 0.25) is 0 Å².